The lowest BCUT2D eigenvalue weighted by atomic mass is 9.94. The van der Waals surface area contributed by atoms with Gasteiger partial charge in [-0.1, -0.05) is 20.8 Å². The van der Waals surface area contributed by atoms with Crippen molar-refractivity contribution < 1.29 is 9.21 Å². The van der Waals surface area contributed by atoms with Crippen molar-refractivity contribution in [2.24, 2.45) is 0 Å². The summed E-state index contributed by atoms with van der Waals surface area (Å²) in [6, 6.07) is 0.481. The second-order valence-corrected chi connectivity index (χ2v) is 7.30. The van der Waals surface area contributed by atoms with Crippen LogP contribution in [0.1, 0.15) is 45.3 Å². The topological polar surface area (TPSA) is 61.6 Å². The summed E-state index contributed by atoms with van der Waals surface area (Å²) in [4.78, 5) is 20.5. The van der Waals surface area contributed by atoms with E-state index in [0.717, 1.165) is 57.2 Å². The van der Waals surface area contributed by atoms with Gasteiger partial charge in [-0.2, -0.15) is 0 Å². The summed E-state index contributed by atoms with van der Waals surface area (Å²) in [5, 5.41) is 2.88. The van der Waals surface area contributed by atoms with Gasteiger partial charge in [-0.15, -0.1) is 0 Å². The Bertz CT molecular complexity index is 526. The van der Waals surface area contributed by atoms with E-state index in [0.29, 0.717) is 6.04 Å². The van der Waals surface area contributed by atoms with Crippen LogP contribution in [0.3, 0.4) is 0 Å². The molecule has 3 rings (SSSR count). The molecule has 2 aliphatic rings. The highest BCUT2D eigenvalue weighted by Crippen LogP contribution is 2.24. The van der Waals surface area contributed by atoms with Gasteiger partial charge in [0.1, 0.15) is 5.76 Å². The fourth-order valence-electron chi connectivity index (χ4n) is 3.15. The number of carbonyl (C=O) groups is 1. The predicted molar refractivity (Wildman–Crippen MR) is 83.6 cm³/mol. The molecule has 2 saturated heterocycles. The van der Waals surface area contributed by atoms with Gasteiger partial charge in [-0.25, -0.2) is 9.78 Å². The number of nitrogens with one attached hydrogen (secondary N) is 1. The fraction of sp³-hybridized carbons (Fsp3) is 0.750. The summed E-state index contributed by atoms with van der Waals surface area (Å²) < 4.78 is 5.87. The molecule has 0 unspecified atom stereocenters. The van der Waals surface area contributed by atoms with Crippen molar-refractivity contribution in [3.05, 3.63) is 17.8 Å². The van der Waals surface area contributed by atoms with Crippen LogP contribution in [0, 0.1) is 0 Å². The summed E-state index contributed by atoms with van der Waals surface area (Å²) in [6.45, 7) is 10.7. The van der Waals surface area contributed by atoms with Gasteiger partial charge in [0.25, 0.3) is 0 Å². The maximum atomic E-state index is 11.7. The number of hydrogen-bond donors (Lipinski definition) is 1. The van der Waals surface area contributed by atoms with E-state index in [1.807, 2.05) is 11.1 Å². The molecule has 0 saturated carbocycles. The van der Waals surface area contributed by atoms with E-state index >= 15 is 0 Å². The lowest BCUT2D eigenvalue weighted by Gasteiger charge is -2.35. The Morgan fingerprint density at radius 1 is 1.32 bits per heavy atom. The number of likely N-dealkylation sites (tertiary alicyclic amines) is 1. The molecule has 0 radical (unpaired) electrons. The lowest BCUT2D eigenvalue weighted by Crippen LogP contribution is -2.45. The van der Waals surface area contributed by atoms with Gasteiger partial charge in [0.2, 0.25) is 5.89 Å². The Morgan fingerprint density at radius 2 is 2.05 bits per heavy atom. The molecular weight excluding hydrogens is 280 g/mol. The van der Waals surface area contributed by atoms with Crippen LogP contribution < -0.4 is 5.32 Å². The molecule has 0 bridgehead atoms. The summed E-state index contributed by atoms with van der Waals surface area (Å²) in [5.41, 5.74) is 0.00135. The van der Waals surface area contributed by atoms with Crippen molar-refractivity contribution in [3.63, 3.8) is 0 Å². The number of carbonyl (C=O) groups excluding carboxylic acids is 1. The zero-order valence-electron chi connectivity index (χ0n) is 13.8. The molecule has 0 aromatic carbocycles. The minimum Gasteiger partial charge on any atom is -0.444 e. The molecule has 2 amide bonds. The first kappa shape index (κ1) is 15.3. The molecule has 0 atom stereocenters. The van der Waals surface area contributed by atoms with Gasteiger partial charge in [-0.05, 0) is 12.8 Å². The standard InChI is InChI=1S/C16H26N4O2/c1-16(2,3)13-10-18-14(22-13)11-19-7-4-12(5-8-19)20-9-6-17-15(20)21/h10,12H,4-9,11H2,1-3H3,(H,17,21). The van der Waals surface area contributed by atoms with Crippen molar-refractivity contribution in [2.45, 2.75) is 51.6 Å². The lowest BCUT2D eigenvalue weighted by molar-refractivity contribution is 0.125. The fourth-order valence-corrected chi connectivity index (χ4v) is 3.15. The molecule has 122 valence electrons. The highest BCUT2D eigenvalue weighted by atomic mass is 16.4. The first-order valence-electron chi connectivity index (χ1n) is 8.15. The van der Waals surface area contributed by atoms with Crippen molar-refractivity contribution in [2.75, 3.05) is 26.2 Å². The predicted octanol–water partition coefficient (Wildman–Crippen LogP) is 1.96. The zero-order valence-corrected chi connectivity index (χ0v) is 13.8. The Labute approximate surface area is 131 Å². The van der Waals surface area contributed by atoms with Crippen LogP contribution in [-0.4, -0.2) is 53.0 Å². The van der Waals surface area contributed by atoms with Crippen molar-refractivity contribution in [1.29, 1.82) is 0 Å². The number of oxazole rings is 1. The van der Waals surface area contributed by atoms with E-state index in [-0.39, 0.29) is 11.4 Å². The van der Waals surface area contributed by atoms with Crippen LogP contribution in [0.25, 0.3) is 0 Å². The quantitative estimate of drug-likeness (QED) is 0.927. The molecule has 22 heavy (non-hydrogen) atoms. The molecule has 0 spiro atoms. The minimum absolute atomic E-state index is 0.00135. The number of rotatable bonds is 3. The summed E-state index contributed by atoms with van der Waals surface area (Å²) >= 11 is 0. The number of aromatic nitrogens is 1. The van der Waals surface area contributed by atoms with E-state index in [1.165, 1.54) is 0 Å². The molecule has 0 aliphatic carbocycles. The normalized spacial score (nSPS) is 21.4. The Hall–Kier alpha value is -1.56. The average molecular weight is 306 g/mol. The monoisotopic (exact) mass is 306 g/mol. The third-order valence-electron chi connectivity index (χ3n) is 4.54. The Morgan fingerprint density at radius 3 is 2.59 bits per heavy atom. The second kappa shape index (κ2) is 5.91. The molecule has 6 heteroatoms. The molecule has 6 nitrogen and oxygen atoms in total. The third kappa shape index (κ3) is 3.27. The number of hydrogen-bond acceptors (Lipinski definition) is 4. The van der Waals surface area contributed by atoms with Gasteiger partial charge in [0.15, 0.2) is 0 Å². The number of amides is 2. The largest absolute Gasteiger partial charge is 0.444 e. The third-order valence-corrected chi connectivity index (χ3v) is 4.54. The molecule has 3 heterocycles. The number of piperidine rings is 1. The minimum atomic E-state index is 0.00135. The Kier molecular flexibility index (Phi) is 4.12. The van der Waals surface area contributed by atoms with E-state index in [2.05, 4.69) is 36.0 Å². The van der Waals surface area contributed by atoms with Crippen LogP contribution in [-0.2, 0) is 12.0 Å². The molecular formula is C16H26N4O2. The van der Waals surface area contributed by atoms with Crippen molar-refractivity contribution in [1.82, 2.24) is 20.1 Å². The molecule has 2 aliphatic heterocycles. The zero-order chi connectivity index (χ0) is 15.7. The number of nitrogens with zero attached hydrogens (tertiary/aromatic N) is 3. The molecule has 2 fully saturated rings. The highest BCUT2D eigenvalue weighted by molar-refractivity contribution is 5.76. The van der Waals surface area contributed by atoms with Crippen LogP contribution in [0.4, 0.5) is 4.79 Å². The van der Waals surface area contributed by atoms with Gasteiger partial charge in [0.05, 0.1) is 12.7 Å². The van der Waals surface area contributed by atoms with Gasteiger partial charge in [0, 0.05) is 37.6 Å². The van der Waals surface area contributed by atoms with Crippen molar-refractivity contribution >= 4 is 6.03 Å². The molecule has 1 aromatic heterocycles. The van der Waals surface area contributed by atoms with Gasteiger partial charge < -0.3 is 14.6 Å². The maximum Gasteiger partial charge on any atom is 0.317 e. The van der Waals surface area contributed by atoms with Crippen LogP contribution in [0.2, 0.25) is 0 Å². The van der Waals surface area contributed by atoms with E-state index < -0.39 is 0 Å². The summed E-state index contributed by atoms with van der Waals surface area (Å²) in [7, 11) is 0. The summed E-state index contributed by atoms with van der Waals surface area (Å²) in [5.74, 6) is 1.73. The Balaban J connectivity index is 1.51. The molecule has 1 N–H and O–H groups in total. The van der Waals surface area contributed by atoms with E-state index in [1.54, 1.807) is 0 Å². The van der Waals surface area contributed by atoms with Crippen LogP contribution in [0.15, 0.2) is 10.6 Å². The first-order valence-corrected chi connectivity index (χ1v) is 8.15. The highest BCUT2D eigenvalue weighted by Gasteiger charge is 2.31. The SMILES string of the molecule is CC(C)(C)c1cnc(CN2CCC(N3CCNC3=O)CC2)o1. The van der Waals surface area contributed by atoms with Gasteiger partial charge >= 0.3 is 6.03 Å². The van der Waals surface area contributed by atoms with Crippen molar-refractivity contribution in [3.8, 4) is 0 Å². The number of urea groups is 1. The van der Waals surface area contributed by atoms with Crippen LogP contribution in [0.5, 0.6) is 0 Å². The second-order valence-electron chi connectivity index (χ2n) is 7.30. The average Bonchev–Trinajstić information content (AvgIpc) is 3.08. The smallest absolute Gasteiger partial charge is 0.317 e. The van der Waals surface area contributed by atoms with E-state index in [9.17, 15) is 4.79 Å². The first-order chi connectivity index (χ1) is 10.4. The molecule has 1 aromatic rings. The van der Waals surface area contributed by atoms with Crippen LogP contribution >= 0.6 is 0 Å². The van der Waals surface area contributed by atoms with E-state index in [4.69, 9.17) is 4.42 Å². The summed E-state index contributed by atoms with van der Waals surface area (Å²) in [6.07, 6.45) is 3.90. The van der Waals surface area contributed by atoms with Gasteiger partial charge in [-0.3, -0.25) is 4.90 Å². The maximum absolute atomic E-state index is 11.7.